The lowest BCUT2D eigenvalue weighted by Crippen LogP contribution is -2.22. The van der Waals surface area contributed by atoms with Crippen molar-refractivity contribution in [2.45, 2.75) is 17.3 Å². The minimum Gasteiger partial charge on any atom is -0.497 e. The fraction of sp³-hybridized carbons (Fsp3) is 0.150. The number of imidazole rings is 1. The summed E-state index contributed by atoms with van der Waals surface area (Å²) in [6.45, 7) is 1.82. The van der Waals surface area contributed by atoms with Crippen LogP contribution in [0.3, 0.4) is 0 Å². The van der Waals surface area contributed by atoms with Gasteiger partial charge in [0.2, 0.25) is 5.91 Å². The number of amides is 1. The third-order valence-electron chi connectivity index (χ3n) is 3.87. The number of ether oxygens (including phenoxy) is 1. The first-order valence-corrected chi connectivity index (χ1v) is 9.14. The minimum atomic E-state index is -0.366. The fourth-order valence-electron chi connectivity index (χ4n) is 2.44. The molecule has 7 heteroatoms. The summed E-state index contributed by atoms with van der Waals surface area (Å²) in [5, 5.41) is 12.2. The van der Waals surface area contributed by atoms with Crippen molar-refractivity contribution in [3.8, 4) is 17.5 Å². The average Bonchev–Trinajstić information content (AvgIpc) is 3.16. The van der Waals surface area contributed by atoms with Gasteiger partial charge < -0.3 is 10.1 Å². The molecule has 0 spiro atoms. The smallest absolute Gasteiger partial charge is 0.237 e. The molecule has 0 saturated carbocycles. The number of benzene rings is 2. The van der Waals surface area contributed by atoms with Gasteiger partial charge in [0.05, 0.1) is 24.0 Å². The van der Waals surface area contributed by atoms with Gasteiger partial charge in [-0.25, -0.2) is 4.98 Å². The Morgan fingerprint density at radius 1 is 1.30 bits per heavy atom. The molecule has 2 aromatic carbocycles. The van der Waals surface area contributed by atoms with Crippen LogP contribution in [0, 0.1) is 11.3 Å². The van der Waals surface area contributed by atoms with Gasteiger partial charge in [0.1, 0.15) is 5.75 Å². The first-order valence-electron chi connectivity index (χ1n) is 8.26. The normalized spacial score (nSPS) is 11.4. The second-order valence-electron chi connectivity index (χ2n) is 5.72. The predicted molar refractivity (Wildman–Crippen MR) is 105 cm³/mol. The Morgan fingerprint density at radius 3 is 2.78 bits per heavy atom. The SMILES string of the molecule is COc1ccc(-n2ccnc2S[C@H](C)C(=O)Nc2cccc(C#N)c2)cc1. The molecule has 0 saturated heterocycles. The van der Waals surface area contributed by atoms with Crippen molar-refractivity contribution in [3.63, 3.8) is 0 Å². The molecule has 3 aromatic rings. The molecule has 0 unspecified atom stereocenters. The van der Waals surface area contributed by atoms with Gasteiger partial charge in [-0.1, -0.05) is 17.8 Å². The Morgan fingerprint density at radius 2 is 2.07 bits per heavy atom. The van der Waals surface area contributed by atoms with Crippen molar-refractivity contribution in [2.75, 3.05) is 12.4 Å². The van der Waals surface area contributed by atoms with Crippen LogP contribution in [0.1, 0.15) is 12.5 Å². The maximum absolute atomic E-state index is 12.5. The molecular weight excluding hydrogens is 360 g/mol. The van der Waals surface area contributed by atoms with Gasteiger partial charge in [-0.05, 0) is 49.4 Å². The molecule has 6 nitrogen and oxygen atoms in total. The lowest BCUT2D eigenvalue weighted by atomic mass is 10.2. The largest absolute Gasteiger partial charge is 0.497 e. The molecule has 3 rings (SSSR count). The van der Waals surface area contributed by atoms with E-state index in [9.17, 15) is 4.79 Å². The summed E-state index contributed by atoms with van der Waals surface area (Å²) in [4.78, 5) is 16.9. The number of nitriles is 1. The van der Waals surface area contributed by atoms with Crippen molar-refractivity contribution in [1.29, 1.82) is 5.26 Å². The van der Waals surface area contributed by atoms with Crippen molar-refractivity contribution >= 4 is 23.4 Å². The summed E-state index contributed by atoms with van der Waals surface area (Å²) in [7, 11) is 1.63. The van der Waals surface area contributed by atoms with Crippen LogP contribution < -0.4 is 10.1 Å². The fourth-order valence-corrected chi connectivity index (χ4v) is 3.32. The topological polar surface area (TPSA) is 79.9 Å². The number of hydrogen-bond acceptors (Lipinski definition) is 5. The Kier molecular flexibility index (Phi) is 5.79. The van der Waals surface area contributed by atoms with Crippen molar-refractivity contribution in [1.82, 2.24) is 9.55 Å². The zero-order chi connectivity index (χ0) is 19.2. The van der Waals surface area contributed by atoms with E-state index in [1.807, 2.05) is 42.0 Å². The highest BCUT2D eigenvalue weighted by atomic mass is 32.2. The number of hydrogen-bond donors (Lipinski definition) is 1. The number of methoxy groups -OCH3 is 1. The number of thioether (sulfide) groups is 1. The summed E-state index contributed by atoms with van der Waals surface area (Å²) in [6, 6.07) is 16.5. The van der Waals surface area contributed by atoms with E-state index in [1.54, 1.807) is 37.6 Å². The summed E-state index contributed by atoms with van der Waals surface area (Å²) in [5.74, 6) is 0.625. The van der Waals surface area contributed by atoms with Gasteiger partial charge in [0.15, 0.2) is 5.16 Å². The molecule has 1 amide bonds. The molecule has 0 aliphatic heterocycles. The Balaban J connectivity index is 1.70. The van der Waals surface area contributed by atoms with E-state index >= 15 is 0 Å². The zero-order valence-electron chi connectivity index (χ0n) is 14.9. The molecule has 136 valence electrons. The van der Waals surface area contributed by atoms with E-state index in [0.717, 1.165) is 11.4 Å². The van der Waals surface area contributed by atoms with Crippen LogP contribution >= 0.6 is 11.8 Å². The first-order chi connectivity index (χ1) is 13.1. The third-order valence-corrected chi connectivity index (χ3v) is 4.95. The quantitative estimate of drug-likeness (QED) is 0.659. The van der Waals surface area contributed by atoms with Crippen LogP contribution in [0.25, 0.3) is 5.69 Å². The summed E-state index contributed by atoms with van der Waals surface area (Å²) in [6.07, 6.45) is 3.55. The number of nitrogens with one attached hydrogen (secondary N) is 1. The van der Waals surface area contributed by atoms with E-state index in [4.69, 9.17) is 10.00 Å². The molecule has 1 heterocycles. The molecule has 27 heavy (non-hydrogen) atoms. The Labute approximate surface area is 161 Å². The maximum Gasteiger partial charge on any atom is 0.237 e. The van der Waals surface area contributed by atoms with E-state index in [0.29, 0.717) is 16.4 Å². The monoisotopic (exact) mass is 378 g/mol. The highest BCUT2D eigenvalue weighted by Gasteiger charge is 2.18. The first kappa shape index (κ1) is 18.5. The molecule has 1 atom stereocenters. The molecule has 0 fully saturated rings. The average molecular weight is 378 g/mol. The molecule has 0 radical (unpaired) electrons. The van der Waals surface area contributed by atoms with Gasteiger partial charge in [-0.15, -0.1) is 0 Å². The molecule has 0 aliphatic carbocycles. The van der Waals surface area contributed by atoms with Crippen LogP contribution in [0.4, 0.5) is 5.69 Å². The lowest BCUT2D eigenvalue weighted by Gasteiger charge is -2.13. The second-order valence-corrected chi connectivity index (χ2v) is 7.03. The predicted octanol–water partition coefficient (Wildman–Crippen LogP) is 3.87. The minimum absolute atomic E-state index is 0.153. The molecule has 1 aromatic heterocycles. The number of rotatable bonds is 6. The van der Waals surface area contributed by atoms with Crippen molar-refractivity contribution < 1.29 is 9.53 Å². The van der Waals surface area contributed by atoms with Crippen LogP contribution in [-0.2, 0) is 4.79 Å². The third kappa shape index (κ3) is 4.49. The van der Waals surface area contributed by atoms with Gasteiger partial charge in [-0.3, -0.25) is 9.36 Å². The van der Waals surface area contributed by atoms with E-state index in [-0.39, 0.29) is 11.2 Å². The lowest BCUT2D eigenvalue weighted by molar-refractivity contribution is -0.115. The number of anilines is 1. The summed E-state index contributed by atoms with van der Waals surface area (Å²) < 4.78 is 7.10. The van der Waals surface area contributed by atoms with Gasteiger partial charge in [0.25, 0.3) is 0 Å². The summed E-state index contributed by atoms with van der Waals surface area (Å²) >= 11 is 1.36. The van der Waals surface area contributed by atoms with Crippen LogP contribution in [0.2, 0.25) is 0 Å². The molecular formula is C20H18N4O2S. The van der Waals surface area contributed by atoms with Gasteiger partial charge >= 0.3 is 0 Å². The van der Waals surface area contributed by atoms with E-state index in [1.165, 1.54) is 11.8 Å². The van der Waals surface area contributed by atoms with E-state index in [2.05, 4.69) is 16.4 Å². The highest BCUT2D eigenvalue weighted by molar-refractivity contribution is 8.00. The van der Waals surface area contributed by atoms with Gasteiger partial charge in [-0.2, -0.15) is 5.26 Å². The molecule has 1 N–H and O–H groups in total. The Hall–Kier alpha value is -3.24. The second kappa shape index (κ2) is 8.43. The highest BCUT2D eigenvalue weighted by Crippen LogP contribution is 2.26. The molecule has 0 bridgehead atoms. The summed E-state index contributed by atoms with van der Waals surface area (Å²) in [5.41, 5.74) is 2.04. The van der Waals surface area contributed by atoms with Crippen LogP contribution in [-0.4, -0.2) is 27.8 Å². The van der Waals surface area contributed by atoms with Crippen LogP contribution in [0.5, 0.6) is 5.75 Å². The van der Waals surface area contributed by atoms with Gasteiger partial charge in [0, 0.05) is 23.8 Å². The van der Waals surface area contributed by atoms with Crippen molar-refractivity contribution in [2.24, 2.45) is 0 Å². The number of aromatic nitrogens is 2. The Bertz CT molecular complexity index is 976. The van der Waals surface area contributed by atoms with Crippen LogP contribution in [0.15, 0.2) is 66.1 Å². The maximum atomic E-state index is 12.5. The number of carbonyl (C=O) groups excluding carboxylic acids is 1. The number of carbonyl (C=O) groups is 1. The molecule has 0 aliphatic rings. The van der Waals surface area contributed by atoms with Crippen molar-refractivity contribution in [3.05, 3.63) is 66.5 Å². The number of nitrogens with zero attached hydrogens (tertiary/aromatic N) is 3. The van der Waals surface area contributed by atoms with E-state index < -0.39 is 0 Å². The standard InChI is InChI=1S/C20H18N4O2S/c1-14(19(25)23-16-5-3-4-15(12-16)13-21)27-20-22-10-11-24(20)17-6-8-18(26-2)9-7-17/h3-12,14H,1-2H3,(H,23,25)/t14-/m1/s1. The zero-order valence-corrected chi connectivity index (χ0v) is 15.7.